The lowest BCUT2D eigenvalue weighted by molar-refractivity contribution is -0.131. The predicted octanol–water partition coefficient (Wildman–Crippen LogP) is 3.27. The van der Waals surface area contributed by atoms with Crippen LogP contribution in [0.25, 0.3) is 0 Å². The summed E-state index contributed by atoms with van der Waals surface area (Å²) in [5, 5.41) is 4.00. The zero-order valence-electron chi connectivity index (χ0n) is 10.5. The molecule has 3 rings (SSSR count). The van der Waals surface area contributed by atoms with Crippen molar-refractivity contribution in [1.29, 1.82) is 0 Å². The maximum Gasteiger partial charge on any atom is 0.236 e. The number of rotatable bonds is 3. The maximum atomic E-state index is 12.4. The van der Waals surface area contributed by atoms with E-state index in [0.717, 1.165) is 23.8 Å². The normalized spacial score (nSPS) is 16.2. The van der Waals surface area contributed by atoms with Crippen LogP contribution in [0.4, 0.5) is 0 Å². The first-order valence-corrected chi connectivity index (χ1v) is 8.78. The van der Waals surface area contributed by atoms with Crippen molar-refractivity contribution in [1.82, 2.24) is 9.88 Å². The second kappa shape index (κ2) is 5.64. The molecule has 0 saturated heterocycles. The van der Waals surface area contributed by atoms with Gasteiger partial charge >= 0.3 is 0 Å². The zero-order valence-corrected chi connectivity index (χ0v) is 13.0. The van der Waals surface area contributed by atoms with Crippen LogP contribution < -0.4 is 0 Å². The highest BCUT2D eigenvalue weighted by Crippen LogP contribution is 2.29. The van der Waals surface area contributed by atoms with Gasteiger partial charge in [0, 0.05) is 29.5 Å². The van der Waals surface area contributed by atoms with Crippen molar-refractivity contribution in [3.63, 3.8) is 0 Å². The molecule has 0 bridgehead atoms. The van der Waals surface area contributed by atoms with Crippen LogP contribution in [-0.4, -0.2) is 27.6 Å². The zero-order chi connectivity index (χ0) is 13.2. The topological polar surface area (TPSA) is 33.2 Å². The molecule has 3 heterocycles. The molecule has 0 aromatic carbocycles. The molecule has 0 spiro atoms. The Kier molecular flexibility index (Phi) is 3.91. The number of carbonyl (C=O) groups excluding carboxylic acids is 1. The van der Waals surface area contributed by atoms with Gasteiger partial charge in [0.2, 0.25) is 5.91 Å². The summed E-state index contributed by atoms with van der Waals surface area (Å²) in [6.45, 7) is 3.58. The molecule has 0 aliphatic carbocycles. The summed E-state index contributed by atoms with van der Waals surface area (Å²) in [7, 11) is 0. The van der Waals surface area contributed by atoms with Crippen LogP contribution in [0.3, 0.4) is 0 Å². The van der Waals surface area contributed by atoms with E-state index in [2.05, 4.69) is 16.4 Å². The number of amides is 1. The average molecular weight is 310 g/mol. The molecule has 3 nitrogen and oxygen atoms in total. The highest BCUT2D eigenvalue weighted by Gasteiger charge is 2.26. The number of hydrogen-bond acceptors (Lipinski definition) is 5. The third-order valence-electron chi connectivity index (χ3n) is 3.15. The average Bonchev–Trinajstić information content (AvgIpc) is 3.07. The molecule has 1 amide bonds. The van der Waals surface area contributed by atoms with Crippen molar-refractivity contribution in [3.05, 3.63) is 33.5 Å². The molecule has 0 unspecified atom stereocenters. The lowest BCUT2D eigenvalue weighted by Crippen LogP contribution is -2.39. The Balaban J connectivity index is 1.65. The monoisotopic (exact) mass is 310 g/mol. The van der Waals surface area contributed by atoms with E-state index < -0.39 is 0 Å². The number of thioether (sulfide) groups is 1. The maximum absolute atomic E-state index is 12.4. The van der Waals surface area contributed by atoms with Gasteiger partial charge in [-0.05, 0) is 30.4 Å². The quantitative estimate of drug-likeness (QED) is 0.816. The van der Waals surface area contributed by atoms with Crippen molar-refractivity contribution in [3.8, 4) is 0 Å². The van der Waals surface area contributed by atoms with Gasteiger partial charge in [0.15, 0.2) is 4.34 Å². The van der Waals surface area contributed by atoms with Crippen LogP contribution >= 0.6 is 34.4 Å². The van der Waals surface area contributed by atoms with E-state index in [9.17, 15) is 4.79 Å². The SMILES string of the molecule is C[C@H](Sc1nccs1)C(=O)N1CCc2sccc2C1. The first-order valence-electron chi connectivity index (χ1n) is 6.14. The van der Waals surface area contributed by atoms with Gasteiger partial charge in [0.05, 0.1) is 5.25 Å². The van der Waals surface area contributed by atoms with E-state index in [4.69, 9.17) is 0 Å². The molecule has 0 saturated carbocycles. The van der Waals surface area contributed by atoms with Gasteiger partial charge in [-0.15, -0.1) is 22.7 Å². The van der Waals surface area contributed by atoms with Crippen LogP contribution in [0.2, 0.25) is 0 Å². The Morgan fingerprint density at radius 1 is 1.47 bits per heavy atom. The first-order chi connectivity index (χ1) is 9.24. The number of thiophene rings is 1. The number of hydrogen-bond donors (Lipinski definition) is 0. The van der Waals surface area contributed by atoms with Crippen LogP contribution in [0, 0.1) is 0 Å². The standard InChI is InChI=1S/C13H14N2OS3/c1-9(19-13-14-4-7-18-13)12(16)15-5-2-11-10(8-15)3-6-17-11/h3-4,6-7,9H,2,5,8H2,1H3/t9-/m0/s1. The van der Waals surface area contributed by atoms with Gasteiger partial charge in [-0.2, -0.15) is 0 Å². The smallest absolute Gasteiger partial charge is 0.236 e. The molecule has 1 aliphatic heterocycles. The van der Waals surface area contributed by atoms with Gasteiger partial charge in [0.25, 0.3) is 0 Å². The second-order valence-electron chi connectivity index (χ2n) is 4.44. The fourth-order valence-corrected chi connectivity index (χ4v) is 4.91. The van der Waals surface area contributed by atoms with E-state index in [-0.39, 0.29) is 11.2 Å². The molecule has 100 valence electrons. The van der Waals surface area contributed by atoms with E-state index in [1.54, 1.807) is 40.6 Å². The third-order valence-corrected chi connectivity index (χ3v) is 6.18. The number of carbonyl (C=O) groups is 1. The van der Waals surface area contributed by atoms with E-state index >= 15 is 0 Å². The Morgan fingerprint density at radius 3 is 3.16 bits per heavy atom. The molecular formula is C13H14N2OS3. The third kappa shape index (κ3) is 2.85. The molecule has 0 fully saturated rings. The minimum absolute atomic E-state index is 0.0636. The summed E-state index contributed by atoms with van der Waals surface area (Å²) in [6.07, 6.45) is 2.77. The van der Waals surface area contributed by atoms with Crippen LogP contribution in [0.5, 0.6) is 0 Å². The van der Waals surface area contributed by atoms with E-state index in [1.807, 2.05) is 17.2 Å². The Labute approximate surface area is 124 Å². The van der Waals surface area contributed by atoms with Gasteiger partial charge in [-0.1, -0.05) is 11.8 Å². The minimum Gasteiger partial charge on any atom is -0.337 e. The van der Waals surface area contributed by atoms with Gasteiger partial charge in [0.1, 0.15) is 0 Å². The largest absolute Gasteiger partial charge is 0.337 e. The minimum atomic E-state index is -0.0636. The van der Waals surface area contributed by atoms with Crippen molar-refractivity contribution in [2.75, 3.05) is 6.54 Å². The Hall–Kier alpha value is -0.850. The Bertz CT molecular complexity index is 564. The summed E-state index contributed by atoms with van der Waals surface area (Å²) in [5.41, 5.74) is 1.32. The van der Waals surface area contributed by atoms with Crippen LogP contribution in [-0.2, 0) is 17.8 Å². The van der Waals surface area contributed by atoms with E-state index in [0.29, 0.717) is 0 Å². The predicted molar refractivity (Wildman–Crippen MR) is 80.9 cm³/mol. The summed E-state index contributed by atoms with van der Waals surface area (Å²) < 4.78 is 0.967. The molecular weight excluding hydrogens is 296 g/mol. The van der Waals surface area contributed by atoms with Crippen LogP contribution in [0.15, 0.2) is 27.4 Å². The molecule has 1 atom stereocenters. The lowest BCUT2D eigenvalue weighted by atomic mass is 10.1. The fraction of sp³-hybridized carbons (Fsp3) is 0.385. The lowest BCUT2D eigenvalue weighted by Gasteiger charge is -2.29. The fourth-order valence-electron chi connectivity index (χ4n) is 2.16. The number of aromatic nitrogens is 1. The van der Waals surface area contributed by atoms with Crippen molar-refractivity contribution < 1.29 is 4.79 Å². The first kappa shape index (κ1) is 13.1. The van der Waals surface area contributed by atoms with Gasteiger partial charge in [-0.3, -0.25) is 4.79 Å². The highest BCUT2D eigenvalue weighted by molar-refractivity contribution is 8.02. The molecule has 0 radical (unpaired) electrons. The van der Waals surface area contributed by atoms with Crippen molar-refractivity contribution in [2.24, 2.45) is 0 Å². The molecule has 0 N–H and O–H groups in total. The highest BCUT2D eigenvalue weighted by atomic mass is 32.2. The van der Waals surface area contributed by atoms with Gasteiger partial charge in [-0.25, -0.2) is 4.98 Å². The molecule has 2 aromatic heterocycles. The number of thiazole rings is 1. The molecule has 19 heavy (non-hydrogen) atoms. The summed E-state index contributed by atoms with van der Waals surface area (Å²) in [4.78, 5) is 20.1. The molecule has 2 aromatic rings. The summed E-state index contributed by atoms with van der Waals surface area (Å²) >= 11 is 4.94. The van der Waals surface area contributed by atoms with E-state index in [1.165, 1.54) is 10.4 Å². The number of nitrogens with zero attached hydrogens (tertiary/aromatic N) is 2. The number of fused-ring (bicyclic) bond motifs is 1. The summed E-state index contributed by atoms with van der Waals surface area (Å²) in [5.74, 6) is 0.219. The summed E-state index contributed by atoms with van der Waals surface area (Å²) in [6, 6.07) is 2.14. The Morgan fingerprint density at radius 2 is 2.37 bits per heavy atom. The second-order valence-corrected chi connectivity index (χ2v) is 7.92. The van der Waals surface area contributed by atoms with Gasteiger partial charge < -0.3 is 4.90 Å². The molecule has 6 heteroatoms. The van der Waals surface area contributed by atoms with Crippen molar-refractivity contribution in [2.45, 2.75) is 29.5 Å². The van der Waals surface area contributed by atoms with Crippen LogP contribution in [0.1, 0.15) is 17.4 Å². The van der Waals surface area contributed by atoms with Crippen molar-refractivity contribution >= 4 is 40.3 Å². The molecule has 1 aliphatic rings.